The number of thiophene rings is 1. The summed E-state index contributed by atoms with van der Waals surface area (Å²) in [5.74, 6) is 0.518. The van der Waals surface area contributed by atoms with Crippen LogP contribution in [0.15, 0.2) is 48.1 Å². The number of fused-ring (bicyclic) bond motifs is 1. The largest absolute Gasteiger partial charge is 0.495 e. The number of methoxy groups -OCH3 is 1. The van der Waals surface area contributed by atoms with Crippen molar-refractivity contribution in [1.82, 2.24) is 20.1 Å². The number of rotatable bonds is 5. The third-order valence-electron chi connectivity index (χ3n) is 4.15. The van der Waals surface area contributed by atoms with Gasteiger partial charge in [0.05, 0.1) is 40.8 Å². The maximum absolute atomic E-state index is 11.8. The summed E-state index contributed by atoms with van der Waals surface area (Å²) >= 11 is 7.65. The van der Waals surface area contributed by atoms with Gasteiger partial charge in [0.2, 0.25) is 0 Å². The average molecular weight is 414 g/mol. The van der Waals surface area contributed by atoms with Crippen molar-refractivity contribution in [1.29, 1.82) is 0 Å². The van der Waals surface area contributed by atoms with E-state index in [1.807, 2.05) is 23.6 Å². The average Bonchev–Trinajstić information content (AvgIpc) is 3.35. The van der Waals surface area contributed by atoms with Crippen LogP contribution in [-0.4, -0.2) is 34.8 Å². The molecule has 0 fully saturated rings. The topological polar surface area (TPSA) is 81.1 Å². The highest BCUT2D eigenvalue weighted by atomic mass is 35.5. The Balaban J connectivity index is 1.67. The highest BCUT2D eigenvalue weighted by Crippen LogP contribution is 2.35. The van der Waals surface area contributed by atoms with Gasteiger partial charge in [0.15, 0.2) is 5.65 Å². The van der Waals surface area contributed by atoms with E-state index in [9.17, 15) is 4.79 Å². The molecule has 3 aromatic heterocycles. The van der Waals surface area contributed by atoms with Crippen molar-refractivity contribution >= 4 is 51.3 Å². The second kappa shape index (κ2) is 7.49. The molecule has 0 radical (unpaired) electrons. The predicted molar refractivity (Wildman–Crippen MR) is 111 cm³/mol. The first-order chi connectivity index (χ1) is 13.6. The summed E-state index contributed by atoms with van der Waals surface area (Å²) in [4.78, 5) is 16.9. The van der Waals surface area contributed by atoms with Crippen molar-refractivity contribution in [2.75, 3.05) is 19.5 Å². The normalized spacial score (nSPS) is 10.8. The number of aromatic nitrogens is 3. The molecule has 3 heterocycles. The van der Waals surface area contributed by atoms with Gasteiger partial charge in [-0.3, -0.25) is 4.79 Å². The Morgan fingerprint density at radius 1 is 1.29 bits per heavy atom. The zero-order chi connectivity index (χ0) is 19.7. The number of hydrogen-bond donors (Lipinski definition) is 2. The monoisotopic (exact) mass is 413 g/mol. The van der Waals surface area contributed by atoms with Crippen LogP contribution in [-0.2, 0) is 0 Å². The van der Waals surface area contributed by atoms with Crippen LogP contribution in [0.25, 0.3) is 16.7 Å². The fraction of sp³-hybridized carbons (Fsp3) is 0.105. The number of pyridine rings is 1. The molecule has 7 nitrogen and oxygen atoms in total. The molecular formula is C19H16ClN5O2S. The van der Waals surface area contributed by atoms with Gasteiger partial charge in [0.1, 0.15) is 11.4 Å². The molecule has 0 bridgehead atoms. The van der Waals surface area contributed by atoms with Crippen LogP contribution < -0.4 is 15.4 Å². The minimum Gasteiger partial charge on any atom is -0.495 e. The number of amides is 1. The van der Waals surface area contributed by atoms with Gasteiger partial charge in [0.25, 0.3) is 5.91 Å². The van der Waals surface area contributed by atoms with Crippen LogP contribution in [0.5, 0.6) is 5.75 Å². The zero-order valence-corrected chi connectivity index (χ0v) is 16.6. The first-order valence-corrected chi connectivity index (χ1v) is 9.60. The summed E-state index contributed by atoms with van der Waals surface area (Å²) < 4.78 is 7.07. The van der Waals surface area contributed by atoms with E-state index in [4.69, 9.17) is 16.3 Å². The van der Waals surface area contributed by atoms with Crippen LogP contribution in [0.1, 0.15) is 9.67 Å². The lowest BCUT2D eigenvalue weighted by Gasteiger charge is -2.12. The summed E-state index contributed by atoms with van der Waals surface area (Å²) in [5.41, 5.74) is 2.92. The Morgan fingerprint density at radius 3 is 2.93 bits per heavy atom. The number of benzene rings is 1. The van der Waals surface area contributed by atoms with E-state index in [1.165, 1.54) is 11.3 Å². The van der Waals surface area contributed by atoms with Crippen LogP contribution in [0.4, 0.5) is 11.4 Å². The maximum atomic E-state index is 11.8. The van der Waals surface area contributed by atoms with E-state index in [1.54, 1.807) is 43.4 Å². The Morgan fingerprint density at radius 2 is 2.14 bits per heavy atom. The molecule has 0 aliphatic rings. The number of anilines is 2. The van der Waals surface area contributed by atoms with Crippen LogP contribution in [0.3, 0.4) is 0 Å². The number of nitrogens with one attached hydrogen (secondary N) is 2. The number of nitrogens with zero attached hydrogens (tertiary/aromatic N) is 3. The van der Waals surface area contributed by atoms with Crippen LogP contribution in [0.2, 0.25) is 5.02 Å². The third kappa shape index (κ3) is 3.28. The Hall–Kier alpha value is -3.10. The van der Waals surface area contributed by atoms with E-state index < -0.39 is 0 Å². The molecule has 0 aliphatic heterocycles. The number of para-hydroxylation sites is 1. The fourth-order valence-electron chi connectivity index (χ4n) is 2.80. The Kier molecular flexibility index (Phi) is 4.89. The molecule has 0 unspecified atom stereocenters. The third-order valence-corrected chi connectivity index (χ3v) is 5.39. The summed E-state index contributed by atoms with van der Waals surface area (Å²) in [5, 5.41) is 13.6. The van der Waals surface area contributed by atoms with E-state index in [-0.39, 0.29) is 5.91 Å². The van der Waals surface area contributed by atoms with Crippen molar-refractivity contribution in [2.45, 2.75) is 0 Å². The molecule has 142 valence electrons. The van der Waals surface area contributed by atoms with Crippen molar-refractivity contribution in [3.8, 4) is 11.4 Å². The molecule has 0 spiro atoms. The highest BCUT2D eigenvalue weighted by molar-refractivity contribution is 7.12. The molecule has 9 heteroatoms. The van der Waals surface area contributed by atoms with Gasteiger partial charge in [-0.2, -0.15) is 5.10 Å². The molecule has 2 N–H and O–H groups in total. The number of carbonyl (C=O) groups is 1. The van der Waals surface area contributed by atoms with E-state index >= 15 is 0 Å². The first kappa shape index (κ1) is 18.3. The molecule has 0 saturated heterocycles. The van der Waals surface area contributed by atoms with E-state index in [0.29, 0.717) is 27.0 Å². The molecular weight excluding hydrogens is 398 g/mol. The SMILES string of the molecule is CNC(=O)c1cc(-n2ncc3cc(Nc4c(Cl)cccc4OC)cnc32)cs1. The molecule has 0 saturated carbocycles. The number of hydrogen-bond acceptors (Lipinski definition) is 6. The fourth-order valence-corrected chi connectivity index (χ4v) is 3.82. The van der Waals surface area contributed by atoms with Gasteiger partial charge in [-0.15, -0.1) is 11.3 Å². The quantitative estimate of drug-likeness (QED) is 0.511. The predicted octanol–water partition coefficient (Wildman–Crippen LogP) is 4.25. The van der Waals surface area contributed by atoms with Crippen molar-refractivity contribution in [3.63, 3.8) is 0 Å². The molecule has 0 atom stereocenters. The van der Waals surface area contributed by atoms with Crippen molar-refractivity contribution in [2.24, 2.45) is 0 Å². The Labute approximate surface area is 169 Å². The van der Waals surface area contributed by atoms with Gasteiger partial charge < -0.3 is 15.4 Å². The van der Waals surface area contributed by atoms with E-state index in [2.05, 4.69) is 20.7 Å². The van der Waals surface area contributed by atoms with E-state index in [0.717, 1.165) is 16.8 Å². The second-order valence-electron chi connectivity index (χ2n) is 5.88. The smallest absolute Gasteiger partial charge is 0.261 e. The molecule has 0 aliphatic carbocycles. The summed E-state index contributed by atoms with van der Waals surface area (Å²) in [6.07, 6.45) is 3.43. The van der Waals surface area contributed by atoms with Crippen molar-refractivity contribution < 1.29 is 9.53 Å². The lowest BCUT2D eigenvalue weighted by Crippen LogP contribution is -2.16. The molecule has 1 aromatic carbocycles. The Bertz CT molecular complexity index is 1170. The second-order valence-corrected chi connectivity index (χ2v) is 7.20. The maximum Gasteiger partial charge on any atom is 0.261 e. The minimum absolute atomic E-state index is 0.124. The van der Waals surface area contributed by atoms with Crippen LogP contribution in [0, 0.1) is 0 Å². The first-order valence-electron chi connectivity index (χ1n) is 8.35. The van der Waals surface area contributed by atoms with Gasteiger partial charge >= 0.3 is 0 Å². The summed E-state index contributed by atoms with van der Waals surface area (Å²) in [6, 6.07) is 9.17. The molecule has 4 aromatic rings. The molecule has 28 heavy (non-hydrogen) atoms. The number of halogens is 1. The van der Waals surface area contributed by atoms with Gasteiger partial charge in [-0.1, -0.05) is 17.7 Å². The van der Waals surface area contributed by atoms with Gasteiger partial charge in [-0.05, 0) is 24.3 Å². The standard InChI is InChI=1S/C19H16ClN5O2S/c1-21-19(26)16-7-13(10-28-16)25-18-11(8-23-25)6-12(9-22-18)24-17-14(20)4-3-5-15(17)27-2/h3-10,24H,1-2H3,(H,21,26). The molecule has 4 rings (SSSR count). The zero-order valence-electron chi connectivity index (χ0n) is 15.1. The lowest BCUT2D eigenvalue weighted by molar-refractivity contribution is 0.0967. The highest BCUT2D eigenvalue weighted by Gasteiger charge is 2.13. The lowest BCUT2D eigenvalue weighted by atomic mass is 10.2. The number of carbonyl (C=O) groups excluding carboxylic acids is 1. The number of ether oxygens (including phenoxy) is 1. The van der Waals surface area contributed by atoms with Gasteiger partial charge in [0, 0.05) is 17.8 Å². The summed E-state index contributed by atoms with van der Waals surface area (Å²) in [6.45, 7) is 0. The summed E-state index contributed by atoms with van der Waals surface area (Å²) in [7, 11) is 3.20. The molecule has 1 amide bonds. The van der Waals surface area contributed by atoms with Crippen LogP contribution >= 0.6 is 22.9 Å². The minimum atomic E-state index is -0.124. The van der Waals surface area contributed by atoms with Crippen molar-refractivity contribution in [3.05, 3.63) is 58.0 Å². The van der Waals surface area contributed by atoms with Gasteiger partial charge in [-0.25, -0.2) is 9.67 Å².